The van der Waals surface area contributed by atoms with E-state index in [2.05, 4.69) is 48.3 Å². The van der Waals surface area contributed by atoms with Crippen LogP contribution in [0.4, 0.5) is 0 Å². The maximum atomic E-state index is 12.9. The van der Waals surface area contributed by atoms with Gasteiger partial charge in [-0.3, -0.25) is 13.8 Å². The molecule has 0 saturated heterocycles. The van der Waals surface area contributed by atoms with E-state index >= 15 is 0 Å². The van der Waals surface area contributed by atoms with Crippen LogP contribution in [0.15, 0.2) is 58.5 Å². The van der Waals surface area contributed by atoms with Crippen LogP contribution < -0.4 is 5.56 Å². The third-order valence-corrected chi connectivity index (χ3v) is 5.66. The van der Waals surface area contributed by atoms with Gasteiger partial charge in [0.2, 0.25) is 5.78 Å². The van der Waals surface area contributed by atoms with E-state index in [0.29, 0.717) is 17.7 Å². The minimum atomic E-state index is 0.00850. The maximum Gasteiger partial charge on any atom is 0.262 e. The van der Waals surface area contributed by atoms with Crippen LogP contribution in [0, 0.1) is 6.92 Å². The fourth-order valence-electron chi connectivity index (χ4n) is 3.29. The number of rotatable bonds is 6. The smallest absolute Gasteiger partial charge is 0.262 e. The second kappa shape index (κ2) is 7.56. The zero-order valence-corrected chi connectivity index (χ0v) is 16.4. The Balaban J connectivity index is 1.82. The zero-order chi connectivity index (χ0) is 18.8. The van der Waals surface area contributed by atoms with Crippen molar-refractivity contribution in [2.75, 3.05) is 0 Å². The van der Waals surface area contributed by atoms with Crippen LogP contribution in [-0.4, -0.2) is 19.2 Å². The third-order valence-electron chi connectivity index (χ3n) is 4.66. The summed E-state index contributed by atoms with van der Waals surface area (Å²) in [7, 11) is 0. The lowest BCUT2D eigenvalue weighted by Crippen LogP contribution is -2.23. The highest BCUT2D eigenvalue weighted by Crippen LogP contribution is 2.25. The third kappa shape index (κ3) is 3.37. The molecule has 5 nitrogen and oxygen atoms in total. The fraction of sp³-hybridized carbons (Fsp3) is 0.286. The Bertz CT molecular complexity index is 1160. The molecule has 0 fully saturated rings. The van der Waals surface area contributed by atoms with Crippen LogP contribution in [0.3, 0.4) is 0 Å². The molecule has 6 heteroatoms. The summed E-state index contributed by atoms with van der Waals surface area (Å²) in [6.07, 6.45) is 1.96. The molecule has 2 heterocycles. The lowest BCUT2D eigenvalue weighted by molar-refractivity contribution is 0.620. The van der Waals surface area contributed by atoms with Crippen molar-refractivity contribution in [3.8, 4) is 0 Å². The first-order valence-corrected chi connectivity index (χ1v) is 10.2. The van der Waals surface area contributed by atoms with Gasteiger partial charge in [0.1, 0.15) is 0 Å². The van der Waals surface area contributed by atoms with Gasteiger partial charge >= 0.3 is 0 Å². The molecule has 27 heavy (non-hydrogen) atoms. The first kappa shape index (κ1) is 17.8. The molecule has 4 aromatic rings. The number of nitrogens with zero attached hydrogens (tertiary/aromatic N) is 4. The highest BCUT2D eigenvalue weighted by atomic mass is 32.2. The molecule has 0 saturated carbocycles. The molecule has 4 rings (SSSR count). The lowest BCUT2D eigenvalue weighted by Gasteiger charge is -2.11. The minimum absolute atomic E-state index is 0.00850. The summed E-state index contributed by atoms with van der Waals surface area (Å²) >= 11 is 1.65. The number of aromatic nitrogens is 4. The first-order valence-electron chi connectivity index (χ1n) is 9.24. The maximum absolute atomic E-state index is 12.9. The molecule has 0 aliphatic rings. The largest absolute Gasteiger partial charge is 0.276 e. The van der Waals surface area contributed by atoms with Crippen molar-refractivity contribution >= 4 is 28.4 Å². The number of unbranched alkanes of at least 4 members (excludes halogenated alkanes) is 1. The summed E-state index contributed by atoms with van der Waals surface area (Å²) in [5, 5.41) is 10.3. The van der Waals surface area contributed by atoms with Crippen LogP contribution in [0.2, 0.25) is 0 Å². The Morgan fingerprint density at radius 2 is 1.93 bits per heavy atom. The molecule has 2 aromatic heterocycles. The Hall–Kier alpha value is -2.60. The molecular weight excluding hydrogens is 356 g/mol. The highest BCUT2D eigenvalue weighted by Gasteiger charge is 2.16. The fourth-order valence-corrected chi connectivity index (χ4v) is 4.18. The van der Waals surface area contributed by atoms with Gasteiger partial charge in [-0.25, -0.2) is 0 Å². The van der Waals surface area contributed by atoms with E-state index in [9.17, 15) is 4.79 Å². The summed E-state index contributed by atoms with van der Waals surface area (Å²) in [5.41, 5.74) is 3.37. The van der Waals surface area contributed by atoms with Crippen molar-refractivity contribution in [1.82, 2.24) is 19.2 Å². The van der Waals surface area contributed by atoms with E-state index in [-0.39, 0.29) is 5.56 Å². The lowest BCUT2D eigenvalue weighted by atomic mass is 10.2. The van der Waals surface area contributed by atoms with Gasteiger partial charge in [-0.1, -0.05) is 67.1 Å². The van der Waals surface area contributed by atoms with Gasteiger partial charge in [-0.2, -0.15) is 0 Å². The minimum Gasteiger partial charge on any atom is -0.276 e. The Morgan fingerprint density at radius 1 is 1.07 bits per heavy atom. The van der Waals surface area contributed by atoms with Crippen LogP contribution in [0.1, 0.15) is 30.9 Å². The van der Waals surface area contributed by atoms with E-state index in [1.54, 1.807) is 16.3 Å². The van der Waals surface area contributed by atoms with E-state index in [0.717, 1.165) is 29.3 Å². The van der Waals surface area contributed by atoms with Crippen LogP contribution >= 0.6 is 11.8 Å². The summed E-state index contributed by atoms with van der Waals surface area (Å²) in [4.78, 5) is 12.9. The number of hydrogen-bond acceptors (Lipinski definition) is 4. The topological polar surface area (TPSA) is 52.2 Å². The molecule has 0 aliphatic heterocycles. The van der Waals surface area contributed by atoms with Gasteiger partial charge in [0, 0.05) is 12.3 Å². The Kier molecular flexibility index (Phi) is 4.99. The van der Waals surface area contributed by atoms with E-state index in [1.807, 2.05) is 28.7 Å². The van der Waals surface area contributed by atoms with Crippen molar-refractivity contribution in [3.05, 3.63) is 70.0 Å². The summed E-state index contributed by atoms with van der Waals surface area (Å²) in [6, 6.07) is 16.2. The molecule has 0 amide bonds. The van der Waals surface area contributed by atoms with Crippen molar-refractivity contribution in [1.29, 1.82) is 0 Å². The zero-order valence-electron chi connectivity index (χ0n) is 15.6. The van der Waals surface area contributed by atoms with E-state index in [1.165, 1.54) is 11.1 Å². The molecule has 0 radical (unpaired) electrons. The molecule has 0 N–H and O–H groups in total. The van der Waals surface area contributed by atoms with E-state index < -0.39 is 0 Å². The standard InChI is InChI=1S/C21H22N4OS/c1-3-4-12-24-19(26)17-10-5-6-11-18(17)25-20(24)22-23-21(25)27-14-16-9-7-8-15(2)13-16/h5-11,13H,3-4,12,14H2,1-2H3. The molecular formula is C21H22N4OS. The molecule has 0 spiro atoms. The average Bonchev–Trinajstić information content (AvgIpc) is 3.10. The van der Waals surface area contributed by atoms with Crippen LogP contribution in [0.5, 0.6) is 0 Å². The van der Waals surface area contributed by atoms with Gasteiger partial charge in [-0.15, -0.1) is 10.2 Å². The Morgan fingerprint density at radius 3 is 2.74 bits per heavy atom. The van der Waals surface area contributed by atoms with Crippen molar-refractivity contribution in [2.45, 2.75) is 44.1 Å². The van der Waals surface area contributed by atoms with Gasteiger partial charge < -0.3 is 0 Å². The number of benzene rings is 2. The van der Waals surface area contributed by atoms with Gasteiger partial charge in [0.25, 0.3) is 5.56 Å². The average molecular weight is 379 g/mol. The first-order chi connectivity index (χ1) is 13.2. The molecule has 0 aliphatic carbocycles. The number of para-hydroxylation sites is 1. The van der Waals surface area contributed by atoms with Crippen molar-refractivity contribution < 1.29 is 0 Å². The molecule has 138 valence electrons. The summed E-state index contributed by atoms with van der Waals surface area (Å²) < 4.78 is 3.78. The number of thioether (sulfide) groups is 1. The van der Waals surface area contributed by atoms with Crippen LogP contribution in [-0.2, 0) is 12.3 Å². The van der Waals surface area contributed by atoms with Crippen LogP contribution in [0.25, 0.3) is 16.7 Å². The van der Waals surface area contributed by atoms with Crippen molar-refractivity contribution in [2.24, 2.45) is 0 Å². The predicted molar refractivity (Wildman–Crippen MR) is 110 cm³/mol. The highest BCUT2D eigenvalue weighted by molar-refractivity contribution is 7.98. The second-order valence-corrected chi connectivity index (χ2v) is 7.67. The molecule has 0 bridgehead atoms. The monoisotopic (exact) mass is 378 g/mol. The number of hydrogen-bond donors (Lipinski definition) is 0. The molecule has 2 aromatic carbocycles. The summed E-state index contributed by atoms with van der Waals surface area (Å²) in [6.45, 7) is 4.88. The molecule has 0 unspecified atom stereocenters. The SMILES string of the molecule is CCCCn1c(=O)c2ccccc2n2c(SCc3cccc(C)c3)nnc12. The number of fused-ring (bicyclic) bond motifs is 3. The summed E-state index contributed by atoms with van der Waals surface area (Å²) in [5.74, 6) is 1.43. The van der Waals surface area contributed by atoms with E-state index in [4.69, 9.17) is 0 Å². The van der Waals surface area contributed by atoms with Crippen molar-refractivity contribution in [3.63, 3.8) is 0 Å². The molecule has 0 atom stereocenters. The second-order valence-electron chi connectivity index (χ2n) is 6.72. The van der Waals surface area contributed by atoms with Gasteiger partial charge in [0.05, 0.1) is 10.9 Å². The quantitative estimate of drug-likeness (QED) is 0.465. The number of aryl methyl sites for hydroxylation is 2. The normalized spacial score (nSPS) is 11.5. The van der Waals surface area contributed by atoms with Gasteiger partial charge in [0.15, 0.2) is 5.16 Å². The predicted octanol–water partition coefficient (Wildman–Crippen LogP) is 4.45. The van der Waals surface area contributed by atoms with Gasteiger partial charge in [-0.05, 0) is 31.0 Å². The Labute approximate surface area is 162 Å².